The van der Waals surface area contributed by atoms with Crippen LogP contribution in [-0.4, -0.2) is 30.4 Å². The van der Waals surface area contributed by atoms with Crippen LogP contribution in [0.1, 0.15) is 43.2 Å². The number of thioether (sulfide) groups is 1. The van der Waals surface area contributed by atoms with Gasteiger partial charge in [0.2, 0.25) is 0 Å². The van der Waals surface area contributed by atoms with Crippen LogP contribution in [0.3, 0.4) is 0 Å². The van der Waals surface area contributed by atoms with Crippen molar-refractivity contribution in [3.63, 3.8) is 0 Å². The van der Waals surface area contributed by atoms with E-state index >= 15 is 0 Å². The van der Waals surface area contributed by atoms with E-state index in [9.17, 15) is 0 Å². The molecule has 1 fully saturated rings. The second kappa shape index (κ2) is 8.85. The molecule has 1 aliphatic carbocycles. The van der Waals surface area contributed by atoms with Gasteiger partial charge in [0.1, 0.15) is 0 Å². The lowest BCUT2D eigenvalue weighted by Gasteiger charge is -2.28. The van der Waals surface area contributed by atoms with Gasteiger partial charge in [-0.15, -0.1) is 11.8 Å². The van der Waals surface area contributed by atoms with E-state index < -0.39 is 0 Å². The lowest BCUT2D eigenvalue weighted by atomic mass is 10.00. The highest BCUT2D eigenvalue weighted by Crippen LogP contribution is 2.42. The van der Waals surface area contributed by atoms with E-state index in [-0.39, 0.29) is 0 Å². The zero-order chi connectivity index (χ0) is 18.6. The highest BCUT2D eigenvalue weighted by Gasteiger charge is 2.22. The summed E-state index contributed by atoms with van der Waals surface area (Å²) in [5.74, 6) is 0. The van der Waals surface area contributed by atoms with Crippen molar-refractivity contribution in [1.29, 1.82) is 0 Å². The molecule has 0 atom stereocenters. The maximum absolute atomic E-state index is 6.71. The molecule has 2 aliphatic rings. The Balaban J connectivity index is 1.68. The van der Waals surface area contributed by atoms with Crippen LogP contribution in [0.5, 0.6) is 0 Å². The molecule has 4 rings (SSSR count). The summed E-state index contributed by atoms with van der Waals surface area (Å²) in [6.45, 7) is 2.04. The van der Waals surface area contributed by atoms with E-state index in [0.29, 0.717) is 0 Å². The summed E-state index contributed by atoms with van der Waals surface area (Å²) >= 11 is 8.74. The van der Waals surface area contributed by atoms with Crippen LogP contribution in [0.4, 0.5) is 11.4 Å². The van der Waals surface area contributed by atoms with Crippen LogP contribution in [0.2, 0.25) is 5.02 Å². The van der Waals surface area contributed by atoms with E-state index in [2.05, 4.69) is 40.4 Å². The van der Waals surface area contributed by atoms with Gasteiger partial charge in [-0.05, 0) is 62.0 Å². The number of nitrogens with zero attached hydrogens (tertiary/aromatic N) is 2. The summed E-state index contributed by atoms with van der Waals surface area (Å²) in [5.41, 5.74) is 5.11. The second-order valence-corrected chi connectivity index (χ2v) is 9.31. The highest BCUT2D eigenvalue weighted by atomic mass is 35.5. The molecule has 144 valence electrons. The van der Waals surface area contributed by atoms with Crippen molar-refractivity contribution in [2.24, 2.45) is 0 Å². The Kier molecular flexibility index (Phi) is 6.26. The van der Waals surface area contributed by atoms with Crippen molar-refractivity contribution >= 4 is 34.7 Å². The predicted octanol–water partition coefficient (Wildman–Crippen LogP) is 5.62. The summed E-state index contributed by atoms with van der Waals surface area (Å²) < 4.78 is 0. The smallest absolute Gasteiger partial charge is 0.0733 e. The number of nitrogens with one attached hydrogen (secondary N) is 1. The monoisotopic (exact) mass is 401 g/mol. The molecule has 0 radical (unpaired) electrons. The molecule has 1 saturated carbocycles. The number of pyridine rings is 1. The Morgan fingerprint density at radius 1 is 1.11 bits per heavy atom. The molecule has 2 aromatic rings. The van der Waals surface area contributed by atoms with Gasteiger partial charge in [-0.3, -0.25) is 4.98 Å². The molecule has 27 heavy (non-hydrogen) atoms. The zero-order valence-electron chi connectivity index (χ0n) is 16.0. The Labute approximate surface area is 171 Å². The third-order valence-corrected chi connectivity index (χ3v) is 7.47. The van der Waals surface area contributed by atoms with Crippen LogP contribution < -0.4 is 10.2 Å². The molecule has 5 heteroatoms. The van der Waals surface area contributed by atoms with E-state index in [4.69, 9.17) is 11.6 Å². The maximum atomic E-state index is 6.71. The first-order valence-electron chi connectivity index (χ1n) is 10.1. The van der Waals surface area contributed by atoms with Crippen molar-refractivity contribution < 1.29 is 0 Å². The molecular formula is C22H28ClN3S. The Morgan fingerprint density at radius 2 is 1.93 bits per heavy atom. The van der Waals surface area contributed by atoms with Gasteiger partial charge in [0.25, 0.3) is 0 Å². The van der Waals surface area contributed by atoms with Gasteiger partial charge in [-0.2, -0.15) is 0 Å². The fraction of sp³-hybridized carbons (Fsp3) is 0.500. The minimum absolute atomic E-state index is 0.723. The molecule has 0 spiro atoms. The summed E-state index contributed by atoms with van der Waals surface area (Å²) in [6, 6.07) is 6.42. The fourth-order valence-corrected chi connectivity index (χ4v) is 5.98. The van der Waals surface area contributed by atoms with Crippen LogP contribution in [-0.2, 0) is 12.8 Å². The van der Waals surface area contributed by atoms with Gasteiger partial charge in [0.05, 0.1) is 22.6 Å². The number of halogens is 1. The first-order valence-corrected chi connectivity index (χ1v) is 11.3. The molecule has 1 N–H and O–H groups in total. The summed E-state index contributed by atoms with van der Waals surface area (Å²) in [6.07, 6.45) is 12.7. The molecular weight excluding hydrogens is 374 g/mol. The number of rotatable bonds is 4. The van der Waals surface area contributed by atoms with E-state index in [1.165, 1.54) is 53.8 Å². The average Bonchev–Trinajstić information content (AvgIpc) is 2.94. The molecule has 1 aromatic heterocycles. The third kappa shape index (κ3) is 4.28. The van der Waals surface area contributed by atoms with Crippen molar-refractivity contribution in [1.82, 2.24) is 10.3 Å². The fourth-order valence-electron chi connectivity index (χ4n) is 4.29. The Hall–Kier alpha value is -1.23. The number of aromatic nitrogens is 1. The zero-order valence-corrected chi connectivity index (χ0v) is 17.6. The predicted molar refractivity (Wildman–Crippen MR) is 117 cm³/mol. The number of fused-ring (bicyclic) bond motifs is 1. The quantitative estimate of drug-likeness (QED) is 0.720. The van der Waals surface area contributed by atoms with Crippen molar-refractivity contribution in [3.8, 4) is 0 Å². The average molecular weight is 402 g/mol. The normalized spacial score (nSPS) is 18.0. The number of hydrogen-bond donors (Lipinski definition) is 1. The molecule has 3 nitrogen and oxygen atoms in total. The van der Waals surface area contributed by atoms with Gasteiger partial charge >= 0.3 is 0 Å². The van der Waals surface area contributed by atoms with Crippen molar-refractivity contribution in [2.75, 3.05) is 25.0 Å². The minimum atomic E-state index is 0.723. The lowest BCUT2D eigenvalue weighted by molar-refractivity contribution is 0.516. The first kappa shape index (κ1) is 19.1. The molecule has 0 saturated heterocycles. The SMILES string of the molecule is CN(c1cnccc1SC1CCCCC1)c1c(Cl)ccc2c1CCNCC2. The van der Waals surface area contributed by atoms with E-state index in [1.54, 1.807) is 0 Å². The topological polar surface area (TPSA) is 28.2 Å². The Bertz CT molecular complexity index is 789. The summed E-state index contributed by atoms with van der Waals surface area (Å²) in [4.78, 5) is 8.02. The number of benzene rings is 1. The van der Waals surface area contributed by atoms with E-state index in [0.717, 1.165) is 41.9 Å². The largest absolute Gasteiger partial charge is 0.341 e. The van der Waals surface area contributed by atoms with Gasteiger partial charge in [-0.25, -0.2) is 0 Å². The first-order chi connectivity index (χ1) is 13.2. The second-order valence-electron chi connectivity index (χ2n) is 7.56. The minimum Gasteiger partial charge on any atom is -0.341 e. The lowest BCUT2D eigenvalue weighted by Crippen LogP contribution is -2.17. The van der Waals surface area contributed by atoms with Crippen LogP contribution in [0, 0.1) is 0 Å². The van der Waals surface area contributed by atoms with Crippen molar-refractivity contribution in [2.45, 2.75) is 55.1 Å². The van der Waals surface area contributed by atoms with Gasteiger partial charge in [0, 0.05) is 23.4 Å². The molecule has 0 bridgehead atoms. The highest BCUT2D eigenvalue weighted by molar-refractivity contribution is 8.00. The van der Waals surface area contributed by atoms with Crippen LogP contribution in [0.15, 0.2) is 35.5 Å². The summed E-state index contributed by atoms with van der Waals surface area (Å²) in [7, 11) is 2.14. The molecule has 0 unspecified atom stereocenters. The van der Waals surface area contributed by atoms with Gasteiger partial charge in [-0.1, -0.05) is 36.9 Å². The van der Waals surface area contributed by atoms with Crippen LogP contribution >= 0.6 is 23.4 Å². The molecule has 1 aromatic carbocycles. The molecule has 2 heterocycles. The summed E-state index contributed by atoms with van der Waals surface area (Å²) in [5, 5.41) is 5.06. The number of hydrogen-bond acceptors (Lipinski definition) is 4. The van der Waals surface area contributed by atoms with Crippen LogP contribution in [0.25, 0.3) is 0 Å². The number of anilines is 2. The van der Waals surface area contributed by atoms with Crippen molar-refractivity contribution in [3.05, 3.63) is 46.7 Å². The molecule has 1 aliphatic heterocycles. The van der Waals surface area contributed by atoms with E-state index in [1.807, 2.05) is 24.2 Å². The van der Waals surface area contributed by atoms with Gasteiger partial charge in [0.15, 0.2) is 0 Å². The Morgan fingerprint density at radius 3 is 2.78 bits per heavy atom. The van der Waals surface area contributed by atoms with Gasteiger partial charge < -0.3 is 10.2 Å². The maximum Gasteiger partial charge on any atom is 0.0733 e. The third-order valence-electron chi connectivity index (χ3n) is 5.76. The standard InChI is InChI=1S/C22H28ClN3S/c1-26(22-18-10-13-24-12-9-16(18)7-8-19(22)23)20-15-25-14-11-21(20)27-17-5-3-2-4-6-17/h7-8,11,14-15,17,24H,2-6,9-10,12-13H2,1H3. The molecule has 0 amide bonds.